The summed E-state index contributed by atoms with van der Waals surface area (Å²) in [6.07, 6.45) is 0. The molecule has 2 nitrogen and oxygen atoms in total. The number of para-hydroxylation sites is 1. The Morgan fingerprint density at radius 1 is 0.571 bits per heavy atom. The number of aryl methyl sites for hydroxylation is 1. The number of ether oxygens (including phenoxy) is 2. The predicted octanol–water partition coefficient (Wildman–Crippen LogP) is 4.39. The molecule has 0 spiro atoms. The van der Waals surface area contributed by atoms with E-state index in [1.165, 1.54) is 27.6 Å². The lowest BCUT2D eigenvalue weighted by molar-refractivity contribution is 0.464. The third kappa shape index (κ3) is 2.23. The number of hydrogen-bond donors (Lipinski definition) is 0. The van der Waals surface area contributed by atoms with E-state index < -0.39 is 0 Å². The number of hydrogen-bond acceptors (Lipinski definition) is 2. The van der Waals surface area contributed by atoms with E-state index in [1.54, 1.807) is 0 Å². The molecule has 0 saturated heterocycles. The van der Waals surface area contributed by atoms with Crippen molar-refractivity contribution in [2.45, 2.75) is 6.92 Å². The van der Waals surface area contributed by atoms with Crippen molar-refractivity contribution < 1.29 is 9.47 Å². The van der Waals surface area contributed by atoms with E-state index in [9.17, 15) is 0 Å². The van der Waals surface area contributed by atoms with E-state index in [1.807, 2.05) is 30.3 Å². The fourth-order valence-corrected chi connectivity index (χ4v) is 4.30. The smallest absolute Gasteiger partial charge is 0.260 e. The first-order valence-corrected chi connectivity index (χ1v) is 9.56. The Morgan fingerprint density at radius 2 is 1.21 bits per heavy atom. The fraction of sp³-hybridized carbons (Fsp3) is 0.0400. The molecule has 4 aromatic carbocycles. The Hall–Kier alpha value is -3.46. The Labute approximate surface area is 164 Å². The van der Waals surface area contributed by atoms with Gasteiger partial charge in [0.25, 0.3) is 6.71 Å². The normalized spacial score (nSPS) is 13.0. The summed E-state index contributed by atoms with van der Waals surface area (Å²) in [7, 11) is 0. The summed E-state index contributed by atoms with van der Waals surface area (Å²) < 4.78 is 12.5. The molecule has 0 unspecified atom stereocenters. The second-order valence-corrected chi connectivity index (χ2v) is 7.46. The van der Waals surface area contributed by atoms with Gasteiger partial charge in [0.15, 0.2) is 0 Å². The van der Waals surface area contributed by atoms with E-state index in [-0.39, 0.29) is 6.71 Å². The molecule has 28 heavy (non-hydrogen) atoms. The minimum Gasteiger partial charge on any atom is -0.458 e. The first kappa shape index (κ1) is 15.6. The van der Waals surface area contributed by atoms with Crippen LogP contribution in [0.25, 0.3) is 11.1 Å². The zero-order chi connectivity index (χ0) is 18.7. The summed E-state index contributed by atoms with van der Waals surface area (Å²) in [5, 5.41) is 0. The van der Waals surface area contributed by atoms with Crippen LogP contribution in [0.5, 0.6) is 23.0 Å². The molecular formula is C25H17BO2. The van der Waals surface area contributed by atoms with Crippen LogP contribution in [0.1, 0.15) is 5.56 Å². The van der Waals surface area contributed by atoms with Crippen LogP contribution < -0.4 is 25.9 Å². The standard InChI is InChI=1S/C25H17BO2/c1-16-9-11-17(12-10-16)18-13-14-20-24(15-18)28-23-8-4-7-22-25(23)26(20)19-5-2-3-6-21(19)27-22/h2-15H,1H3. The van der Waals surface area contributed by atoms with Crippen LogP contribution in [-0.4, -0.2) is 6.71 Å². The van der Waals surface area contributed by atoms with Crippen LogP contribution in [-0.2, 0) is 0 Å². The monoisotopic (exact) mass is 360 g/mol. The van der Waals surface area contributed by atoms with Gasteiger partial charge in [-0.3, -0.25) is 0 Å². The van der Waals surface area contributed by atoms with Gasteiger partial charge in [0.05, 0.1) is 0 Å². The van der Waals surface area contributed by atoms with E-state index in [2.05, 4.69) is 61.5 Å². The van der Waals surface area contributed by atoms with Crippen molar-refractivity contribution in [3.05, 3.63) is 90.5 Å². The summed E-state index contributed by atoms with van der Waals surface area (Å²) in [4.78, 5) is 0. The van der Waals surface area contributed by atoms with Gasteiger partial charge in [0.2, 0.25) is 0 Å². The highest BCUT2D eigenvalue weighted by Crippen LogP contribution is 2.35. The molecule has 2 aliphatic heterocycles. The van der Waals surface area contributed by atoms with Gasteiger partial charge in [-0.1, -0.05) is 66.2 Å². The molecular weight excluding hydrogens is 343 g/mol. The van der Waals surface area contributed by atoms with Gasteiger partial charge < -0.3 is 9.47 Å². The quantitative estimate of drug-likeness (QED) is 0.405. The Morgan fingerprint density at radius 3 is 2.04 bits per heavy atom. The molecule has 0 aliphatic carbocycles. The van der Waals surface area contributed by atoms with Crippen molar-refractivity contribution in [3.8, 4) is 34.1 Å². The molecule has 0 amide bonds. The summed E-state index contributed by atoms with van der Waals surface area (Å²) in [6, 6.07) is 29.5. The first-order valence-electron chi connectivity index (χ1n) is 9.56. The van der Waals surface area contributed by atoms with Gasteiger partial charge in [-0.25, -0.2) is 0 Å². The van der Waals surface area contributed by atoms with Gasteiger partial charge in [0.1, 0.15) is 23.0 Å². The SMILES string of the molecule is Cc1ccc(-c2ccc3c(c2)Oc2cccc4c2B3c2ccccc2O4)cc1. The number of benzene rings is 4. The highest BCUT2D eigenvalue weighted by atomic mass is 16.5. The number of fused-ring (bicyclic) bond motifs is 4. The molecule has 0 bridgehead atoms. The summed E-state index contributed by atoms with van der Waals surface area (Å²) >= 11 is 0. The van der Waals surface area contributed by atoms with Crippen molar-refractivity contribution in [2.75, 3.05) is 0 Å². The zero-order valence-corrected chi connectivity index (χ0v) is 15.5. The van der Waals surface area contributed by atoms with Crippen LogP contribution in [0.2, 0.25) is 0 Å². The van der Waals surface area contributed by atoms with Crippen molar-refractivity contribution in [1.82, 2.24) is 0 Å². The Bertz CT molecular complexity index is 1230. The second-order valence-electron chi connectivity index (χ2n) is 7.46. The predicted molar refractivity (Wildman–Crippen MR) is 114 cm³/mol. The molecule has 2 aliphatic rings. The van der Waals surface area contributed by atoms with Crippen molar-refractivity contribution >= 4 is 23.1 Å². The molecule has 0 N–H and O–H groups in total. The van der Waals surface area contributed by atoms with Gasteiger partial charge in [-0.15, -0.1) is 0 Å². The summed E-state index contributed by atoms with van der Waals surface area (Å²) in [5.74, 6) is 3.61. The van der Waals surface area contributed by atoms with Gasteiger partial charge >= 0.3 is 0 Å². The molecule has 6 rings (SSSR count). The van der Waals surface area contributed by atoms with E-state index in [0.717, 1.165) is 28.5 Å². The van der Waals surface area contributed by atoms with E-state index in [0.29, 0.717) is 0 Å². The maximum absolute atomic E-state index is 6.35. The van der Waals surface area contributed by atoms with Crippen LogP contribution in [0, 0.1) is 6.92 Å². The molecule has 0 aromatic heterocycles. The van der Waals surface area contributed by atoms with Crippen molar-refractivity contribution in [1.29, 1.82) is 0 Å². The lowest BCUT2D eigenvalue weighted by Crippen LogP contribution is -2.57. The average molecular weight is 360 g/mol. The third-order valence-corrected chi connectivity index (χ3v) is 5.69. The Balaban J connectivity index is 1.55. The highest BCUT2D eigenvalue weighted by Gasteiger charge is 2.39. The molecule has 0 radical (unpaired) electrons. The molecule has 2 heterocycles. The molecule has 4 aromatic rings. The van der Waals surface area contributed by atoms with Gasteiger partial charge in [-0.2, -0.15) is 0 Å². The lowest BCUT2D eigenvalue weighted by atomic mass is 9.35. The minimum atomic E-state index is 0.131. The maximum Gasteiger partial charge on any atom is 0.260 e. The first-order chi connectivity index (χ1) is 13.8. The van der Waals surface area contributed by atoms with Crippen molar-refractivity contribution in [2.24, 2.45) is 0 Å². The summed E-state index contributed by atoms with van der Waals surface area (Å²) in [5.41, 5.74) is 7.12. The van der Waals surface area contributed by atoms with Crippen LogP contribution in [0.15, 0.2) is 84.9 Å². The minimum absolute atomic E-state index is 0.131. The third-order valence-electron chi connectivity index (χ3n) is 5.69. The summed E-state index contributed by atoms with van der Waals surface area (Å²) in [6.45, 7) is 2.24. The molecule has 0 fully saturated rings. The van der Waals surface area contributed by atoms with Crippen LogP contribution in [0.4, 0.5) is 0 Å². The average Bonchev–Trinajstić information content (AvgIpc) is 2.73. The molecule has 0 atom stereocenters. The van der Waals surface area contributed by atoms with E-state index >= 15 is 0 Å². The maximum atomic E-state index is 6.35. The zero-order valence-electron chi connectivity index (χ0n) is 15.5. The highest BCUT2D eigenvalue weighted by molar-refractivity contribution is 6.98. The van der Waals surface area contributed by atoms with Gasteiger partial charge in [0, 0.05) is 5.46 Å². The largest absolute Gasteiger partial charge is 0.458 e. The fourth-order valence-electron chi connectivity index (χ4n) is 4.30. The topological polar surface area (TPSA) is 18.5 Å². The molecule has 132 valence electrons. The number of rotatable bonds is 1. The van der Waals surface area contributed by atoms with Crippen LogP contribution >= 0.6 is 0 Å². The lowest BCUT2D eigenvalue weighted by Gasteiger charge is -2.32. The molecule has 3 heteroatoms. The second kappa shape index (κ2) is 5.77. The molecule has 0 saturated carbocycles. The van der Waals surface area contributed by atoms with Crippen LogP contribution in [0.3, 0.4) is 0 Å². The van der Waals surface area contributed by atoms with E-state index in [4.69, 9.17) is 9.47 Å². The Kier molecular flexibility index (Phi) is 3.21. The van der Waals surface area contributed by atoms with Crippen molar-refractivity contribution in [3.63, 3.8) is 0 Å². The van der Waals surface area contributed by atoms with Gasteiger partial charge in [-0.05, 0) is 53.2 Å².